The molecule has 140 valence electrons. The summed E-state index contributed by atoms with van der Waals surface area (Å²) in [7, 11) is 0. The highest BCUT2D eigenvalue weighted by atomic mass is 19.3. The van der Waals surface area contributed by atoms with Crippen molar-refractivity contribution < 1.29 is 27.9 Å². The topological polar surface area (TPSA) is 60.4 Å². The van der Waals surface area contributed by atoms with E-state index in [1.54, 1.807) is 6.92 Å². The third-order valence-corrected chi connectivity index (χ3v) is 5.41. The predicted molar refractivity (Wildman–Crippen MR) is 90.0 cm³/mol. The lowest BCUT2D eigenvalue weighted by Crippen LogP contribution is -2.41. The van der Waals surface area contributed by atoms with Crippen molar-refractivity contribution >= 4 is 17.3 Å². The monoisotopic (exact) mass is 364 g/mol. The van der Waals surface area contributed by atoms with E-state index >= 15 is 0 Å². The standard InChI is InChI=1S/C20H22F2O4/c1-3-26-10-13-9-14(20(2,21)22)6-7-15(13)19(25)16-17(23)11-4-5-12(8-11)18(16)24/h6-7,9,11-12,16H,3-5,8,10H2,1-2H3. The van der Waals surface area contributed by atoms with Crippen LogP contribution in [0, 0.1) is 17.8 Å². The minimum absolute atomic E-state index is 0.0244. The van der Waals surface area contributed by atoms with Crippen LogP contribution < -0.4 is 0 Å². The Balaban J connectivity index is 1.97. The van der Waals surface area contributed by atoms with E-state index in [2.05, 4.69) is 0 Å². The van der Waals surface area contributed by atoms with Gasteiger partial charge in [0.25, 0.3) is 5.92 Å². The SMILES string of the molecule is CCOCc1cc(C(C)(F)F)ccc1C(=O)C1C(=O)C2CCC(C2)C1=O. The fourth-order valence-electron chi connectivity index (χ4n) is 3.96. The first kappa shape index (κ1) is 18.8. The second-order valence-electron chi connectivity index (χ2n) is 7.21. The van der Waals surface area contributed by atoms with Crippen LogP contribution in [-0.4, -0.2) is 24.0 Å². The van der Waals surface area contributed by atoms with Gasteiger partial charge in [0, 0.05) is 36.5 Å². The summed E-state index contributed by atoms with van der Waals surface area (Å²) in [6.45, 7) is 2.86. The van der Waals surface area contributed by atoms with E-state index in [1.807, 2.05) is 0 Å². The minimum atomic E-state index is -3.06. The molecule has 0 spiro atoms. The van der Waals surface area contributed by atoms with Crippen molar-refractivity contribution in [1.29, 1.82) is 0 Å². The van der Waals surface area contributed by atoms with Gasteiger partial charge in [0.05, 0.1) is 6.61 Å². The number of carbonyl (C=O) groups is 3. The molecular weight excluding hydrogens is 342 g/mol. The van der Waals surface area contributed by atoms with Crippen molar-refractivity contribution in [3.8, 4) is 0 Å². The zero-order valence-electron chi connectivity index (χ0n) is 14.9. The molecule has 2 saturated carbocycles. The maximum atomic E-state index is 13.6. The zero-order chi connectivity index (χ0) is 19.1. The van der Waals surface area contributed by atoms with Gasteiger partial charge in [0.1, 0.15) is 5.92 Å². The molecule has 2 fully saturated rings. The largest absolute Gasteiger partial charge is 0.377 e. The molecule has 6 heteroatoms. The number of Topliss-reactive ketones (excluding diaryl/α,β-unsaturated/α-hetero) is 3. The minimum Gasteiger partial charge on any atom is -0.377 e. The summed E-state index contributed by atoms with van der Waals surface area (Å²) in [5, 5.41) is 0. The van der Waals surface area contributed by atoms with Gasteiger partial charge < -0.3 is 4.74 Å². The van der Waals surface area contributed by atoms with Gasteiger partial charge in [0.2, 0.25) is 0 Å². The van der Waals surface area contributed by atoms with E-state index in [0.717, 1.165) is 6.92 Å². The molecule has 2 aliphatic carbocycles. The van der Waals surface area contributed by atoms with Crippen LogP contribution in [0.5, 0.6) is 0 Å². The summed E-state index contributed by atoms with van der Waals surface area (Å²) < 4.78 is 32.6. The van der Waals surface area contributed by atoms with E-state index in [4.69, 9.17) is 4.74 Å². The third-order valence-electron chi connectivity index (χ3n) is 5.41. The van der Waals surface area contributed by atoms with Crippen LogP contribution in [-0.2, 0) is 26.9 Å². The number of halogens is 2. The summed E-state index contributed by atoms with van der Waals surface area (Å²) >= 11 is 0. The molecule has 1 aromatic rings. The molecule has 0 N–H and O–H groups in total. The lowest BCUT2D eigenvalue weighted by atomic mass is 9.75. The summed E-state index contributed by atoms with van der Waals surface area (Å²) in [5.74, 6) is -6.05. The van der Waals surface area contributed by atoms with Gasteiger partial charge in [-0.05, 0) is 37.8 Å². The van der Waals surface area contributed by atoms with Gasteiger partial charge in [-0.3, -0.25) is 14.4 Å². The number of ether oxygens (including phenoxy) is 1. The Morgan fingerprint density at radius 1 is 1.19 bits per heavy atom. The van der Waals surface area contributed by atoms with E-state index in [-0.39, 0.29) is 46.7 Å². The molecule has 3 rings (SSSR count). The van der Waals surface area contributed by atoms with Crippen molar-refractivity contribution in [1.82, 2.24) is 0 Å². The molecule has 4 nitrogen and oxygen atoms in total. The average Bonchev–Trinajstić information content (AvgIpc) is 3.04. The lowest BCUT2D eigenvalue weighted by Gasteiger charge is -2.25. The van der Waals surface area contributed by atoms with Gasteiger partial charge >= 0.3 is 0 Å². The van der Waals surface area contributed by atoms with Gasteiger partial charge in [0.15, 0.2) is 17.3 Å². The van der Waals surface area contributed by atoms with Crippen molar-refractivity contribution in [2.24, 2.45) is 17.8 Å². The highest BCUT2D eigenvalue weighted by Crippen LogP contribution is 2.41. The number of ketones is 3. The predicted octanol–water partition coefficient (Wildman–Crippen LogP) is 3.70. The van der Waals surface area contributed by atoms with Gasteiger partial charge in [-0.1, -0.05) is 12.1 Å². The Bertz CT molecular complexity index is 729. The Hall–Kier alpha value is -1.95. The molecule has 2 bridgehead atoms. The molecular formula is C20H22F2O4. The van der Waals surface area contributed by atoms with Gasteiger partial charge in [-0.2, -0.15) is 0 Å². The number of hydrogen-bond acceptors (Lipinski definition) is 4. The van der Waals surface area contributed by atoms with Crippen LogP contribution in [0.15, 0.2) is 18.2 Å². The normalized spacial score (nSPS) is 25.6. The number of carbonyl (C=O) groups excluding carboxylic acids is 3. The molecule has 0 heterocycles. The maximum absolute atomic E-state index is 13.6. The van der Waals surface area contributed by atoms with Crippen LogP contribution in [0.3, 0.4) is 0 Å². The van der Waals surface area contributed by atoms with Gasteiger partial charge in [-0.15, -0.1) is 0 Å². The quantitative estimate of drug-likeness (QED) is 0.570. The smallest absolute Gasteiger partial charge is 0.270 e. The maximum Gasteiger partial charge on any atom is 0.270 e. The number of benzene rings is 1. The highest BCUT2D eigenvalue weighted by Gasteiger charge is 2.50. The van der Waals surface area contributed by atoms with E-state index in [0.29, 0.717) is 25.9 Å². The lowest BCUT2D eigenvalue weighted by molar-refractivity contribution is -0.137. The summed E-state index contributed by atoms with van der Waals surface area (Å²) in [6, 6.07) is 3.70. The molecule has 2 atom stereocenters. The van der Waals surface area contributed by atoms with E-state index in [1.165, 1.54) is 18.2 Å². The first-order valence-electron chi connectivity index (χ1n) is 8.94. The molecule has 2 aliphatic rings. The van der Waals surface area contributed by atoms with Crippen molar-refractivity contribution in [2.45, 2.75) is 45.6 Å². The summed E-state index contributed by atoms with van der Waals surface area (Å²) in [4.78, 5) is 38.1. The molecule has 0 aliphatic heterocycles. The summed E-state index contributed by atoms with van der Waals surface area (Å²) in [5.41, 5.74) is 0.180. The van der Waals surface area contributed by atoms with Crippen LogP contribution in [0.25, 0.3) is 0 Å². The number of fused-ring (bicyclic) bond motifs is 2. The van der Waals surface area contributed by atoms with Crippen LogP contribution in [0.1, 0.15) is 54.6 Å². The van der Waals surface area contributed by atoms with Crippen molar-refractivity contribution in [3.05, 3.63) is 34.9 Å². The van der Waals surface area contributed by atoms with Crippen LogP contribution in [0.4, 0.5) is 8.78 Å². The molecule has 2 unspecified atom stereocenters. The fourth-order valence-corrected chi connectivity index (χ4v) is 3.96. The Kier molecular flexibility index (Phi) is 5.06. The average molecular weight is 364 g/mol. The summed E-state index contributed by atoms with van der Waals surface area (Å²) in [6.07, 6.45) is 1.83. The molecule has 0 aromatic heterocycles. The Morgan fingerprint density at radius 3 is 2.35 bits per heavy atom. The molecule has 1 aromatic carbocycles. The van der Waals surface area contributed by atoms with E-state index < -0.39 is 17.6 Å². The van der Waals surface area contributed by atoms with E-state index in [9.17, 15) is 23.2 Å². The molecule has 0 radical (unpaired) electrons. The Morgan fingerprint density at radius 2 is 1.81 bits per heavy atom. The Labute approximate surface area is 150 Å². The second kappa shape index (κ2) is 6.99. The second-order valence-corrected chi connectivity index (χ2v) is 7.21. The van der Waals surface area contributed by atoms with Crippen LogP contribution in [0.2, 0.25) is 0 Å². The molecule has 0 amide bonds. The fraction of sp³-hybridized carbons (Fsp3) is 0.550. The van der Waals surface area contributed by atoms with Crippen LogP contribution >= 0.6 is 0 Å². The zero-order valence-corrected chi connectivity index (χ0v) is 14.9. The third kappa shape index (κ3) is 3.34. The van der Waals surface area contributed by atoms with Crippen molar-refractivity contribution in [3.63, 3.8) is 0 Å². The first-order valence-corrected chi connectivity index (χ1v) is 8.94. The molecule has 0 saturated heterocycles. The van der Waals surface area contributed by atoms with Crippen molar-refractivity contribution in [2.75, 3.05) is 6.61 Å². The number of alkyl halides is 2. The number of hydrogen-bond donors (Lipinski definition) is 0. The first-order chi connectivity index (χ1) is 12.2. The number of rotatable bonds is 6. The molecule has 26 heavy (non-hydrogen) atoms. The van der Waals surface area contributed by atoms with Gasteiger partial charge in [-0.25, -0.2) is 8.78 Å². The highest BCUT2D eigenvalue weighted by molar-refractivity contribution is 6.26.